The number of carbonyl (C=O) groups excluding carboxylic acids is 2. The summed E-state index contributed by atoms with van der Waals surface area (Å²) >= 11 is 0. The summed E-state index contributed by atoms with van der Waals surface area (Å²) in [5.41, 5.74) is 0.246. The summed E-state index contributed by atoms with van der Waals surface area (Å²) in [5, 5.41) is 0. The number of ether oxygens (including phenoxy) is 2. The van der Waals surface area contributed by atoms with Gasteiger partial charge in [0.25, 0.3) is 0 Å². The average molecular weight is 212 g/mol. The lowest BCUT2D eigenvalue weighted by Gasteiger charge is -2.27. The van der Waals surface area contributed by atoms with E-state index >= 15 is 0 Å². The van der Waals surface area contributed by atoms with Gasteiger partial charge in [0.1, 0.15) is 6.42 Å². The van der Waals surface area contributed by atoms with E-state index < -0.39 is 11.6 Å². The molecule has 0 radical (unpaired) electrons. The van der Waals surface area contributed by atoms with Gasteiger partial charge in [-0.25, -0.2) is 0 Å². The Balaban J connectivity index is 2.67. The van der Waals surface area contributed by atoms with Gasteiger partial charge >= 0.3 is 5.97 Å². The van der Waals surface area contributed by atoms with Crippen molar-refractivity contribution < 1.29 is 19.1 Å². The second-order valence-electron chi connectivity index (χ2n) is 4.05. The lowest BCUT2D eigenvalue weighted by molar-refractivity contribution is -0.142. The molecule has 0 saturated carbocycles. The van der Waals surface area contributed by atoms with Gasteiger partial charge in [-0.1, -0.05) is 0 Å². The predicted molar refractivity (Wildman–Crippen MR) is 54.4 cm³/mol. The number of Topliss-reactive ketones (excluding diaryl/α,β-unsaturated/α-hetero) is 1. The Kier molecular flexibility index (Phi) is 3.63. The molecule has 84 valence electrons. The molecule has 1 aliphatic rings. The number of carbonyl (C=O) groups is 2. The maximum atomic E-state index is 11.6. The average Bonchev–Trinajstić information content (AvgIpc) is 2.16. The van der Waals surface area contributed by atoms with E-state index in [1.807, 2.05) is 13.8 Å². The Hall–Kier alpha value is -1.16. The Morgan fingerprint density at radius 3 is 2.73 bits per heavy atom. The molecule has 0 aliphatic carbocycles. The van der Waals surface area contributed by atoms with E-state index in [0.29, 0.717) is 18.6 Å². The smallest absolute Gasteiger partial charge is 0.313 e. The van der Waals surface area contributed by atoms with Crippen LogP contribution in [0.2, 0.25) is 0 Å². The fraction of sp³-hybridized carbons (Fsp3) is 0.636. The molecule has 4 heteroatoms. The third-order valence-electron chi connectivity index (χ3n) is 2.26. The van der Waals surface area contributed by atoms with Gasteiger partial charge < -0.3 is 9.47 Å². The summed E-state index contributed by atoms with van der Waals surface area (Å²) in [6, 6.07) is 0. The van der Waals surface area contributed by atoms with E-state index in [0.717, 1.165) is 0 Å². The molecule has 0 atom stereocenters. The first-order chi connectivity index (χ1) is 6.94. The normalized spacial score (nSPS) is 19.3. The maximum Gasteiger partial charge on any atom is 0.313 e. The first-order valence-corrected chi connectivity index (χ1v) is 4.90. The van der Waals surface area contributed by atoms with Crippen LogP contribution >= 0.6 is 0 Å². The molecule has 0 aromatic carbocycles. The highest BCUT2D eigenvalue weighted by Gasteiger charge is 2.25. The highest BCUT2D eigenvalue weighted by Crippen LogP contribution is 2.23. The summed E-state index contributed by atoms with van der Waals surface area (Å²) < 4.78 is 9.88. The third kappa shape index (κ3) is 3.47. The summed E-state index contributed by atoms with van der Waals surface area (Å²) in [6.07, 6.45) is 2.17. The molecular formula is C11H16O4. The lowest BCUT2D eigenvalue weighted by atomic mass is 9.96. The quantitative estimate of drug-likeness (QED) is 0.521. The van der Waals surface area contributed by atoms with Crippen LogP contribution in [0.3, 0.4) is 0 Å². The molecular weight excluding hydrogens is 196 g/mol. The number of ketones is 1. The van der Waals surface area contributed by atoms with Crippen LogP contribution in [0, 0.1) is 0 Å². The van der Waals surface area contributed by atoms with E-state index in [9.17, 15) is 9.59 Å². The Morgan fingerprint density at radius 1 is 1.53 bits per heavy atom. The van der Waals surface area contributed by atoms with Crippen LogP contribution in [0.1, 0.15) is 26.7 Å². The zero-order chi connectivity index (χ0) is 11.5. The Labute approximate surface area is 89.2 Å². The van der Waals surface area contributed by atoms with E-state index in [4.69, 9.17) is 4.74 Å². The third-order valence-corrected chi connectivity index (χ3v) is 2.26. The van der Waals surface area contributed by atoms with Crippen LogP contribution in [-0.4, -0.2) is 31.1 Å². The largest absolute Gasteiger partial charge is 0.469 e. The van der Waals surface area contributed by atoms with Crippen molar-refractivity contribution in [3.63, 3.8) is 0 Å². The minimum absolute atomic E-state index is 0.168. The van der Waals surface area contributed by atoms with E-state index in [2.05, 4.69) is 4.74 Å². The first kappa shape index (κ1) is 11.9. The van der Waals surface area contributed by atoms with Gasteiger partial charge in [0.2, 0.25) is 0 Å². The van der Waals surface area contributed by atoms with Crippen LogP contribution in [-0.2, 0) is 19.1 Å². The molecule has 1 rings (SSSR count). The van der Waals surface area contributed by atoms with Gasteiger partial charge in [-0.05, 0) is 31.9 Å². The minimum atomic E-state index is -0.495. The van der Waals surface area contributed by atoms with E-state index in [-0.39, 0.29) is 12.2 Å². The highest BCUT2D eigenvalue weighted by molar-refractivity contribution is 6.05. The second kappa shape index (κ2) is 4.57. The van der Waals surface area contributed by atoms with Crippen molar-refractivity contribution in [3.8, 4) is 0 Å². The number of hydrogen-bond acceptors (Lipinski definition) is 4. The molecule has 0 fully saturated rings. The number of esters is 1. The van der Waals surface area contributed by atoms with Crippen molar-refractivity contribution in [2.75, 3.05) is 13.7 Å². The SMILES string of the molecule is COC(=O)CC(=O)C1=CC(C)(C)OCC1. The minimum Gasteiger partial charge on any atom is -0.469 e. The van der Waals surface area contributed by atoms with E-state index in [1.54, 1.807) is 6.08 Å². The van der Waals surface area contributed by atoms with Crippen molar-refractivity contribution >= 4 is 11.8 Å². The van der Waals surface area contributed by atoms with Crippen molar-refractivity contribution in [1.82, 2.24) is 0 Å². The summed E-state index contributed by atoms with van der Waals surface area (Å²) in [6.45, 7) is 4.29. The molecule has 1 heterocycles. The number of methoxy groups -OCH3 is 1. The molecule has 0 amide bonds. The maximum absolute atomic E-state index is 11.6. The van der Waals surface area contributed by atoms with Crippen molar-refractivity contribution in [2.24, 2.45) is 0 Å². The van der Waals surface area contributed by atoms with Gasteiger partial charge in [0, 0.05) is 0 Å². The number of rotatable bonds is 3. The highest BCUT2D eigenvalue weighted by atomic mass is 16.5. The molecule has 0 bridgehead atoms. The molecule has 4 nitrogen and oxygen atoms in total. The van der Waals surface area contributed by atoms with Crippen LogP contribution < -0.4 is 0 Å². The summed E-state index contributed by atoms with van der Waals surface area (Å²) in [5.74, 6) is -0.663. The lowest BCUT2D eigenvalue weighted by Crippen LogP contribution is -2.29. The molecule has 1 aliphatic heterocycles. The topological polar surface area (TPSA) is 52.6 Å². The van der Waals surface area contributed by atoms with Crippen molar-refractivity contribution in [1.29, 1.82) is 0 Å². The molecule has 0 aromatic rings. The molecule has 0 saturated heterocycles. The van der Waals surface area contributed by atoms with Gasteiger partial charge in [-0.15, -0.1) is 0 Å². The zero-order valence-corrected chi connectivity index (χ0v) is 9.33. The summed E-state index contributed by atoms with van der Waals surface area (Å²) in [7, 11) is 1.28. The van der Waals surface area contributed by atoms with Crippen LogP contribution in [0.5, 0.6) is 0 Å². The fourth-order valence-electron chi connectivity index (χ4n) is 1.49. The van der Waals surface area contributed by atoms with Gasteiger partial charge in [0.05, 0.1) is 19.3 Å². The molecule has 0 aromatic heterocycles. The standard InChI is InChI=1S/C11H16O4/c1-11(2)7-8(4-5-15-11)9(12)6-10(13)14-3/h7H,4-6H2,1-3H3. The summed E-state index contributed by atoms with van der Waals surface area (Å²) in [4.78, 5) is 22.6. The molecule has 15 heavy (non-hydrogen) atoms. The van der Waals surface area contributed by atoms with Crippen LogP contribution in [0.4, 0.5) is 0 Å². The number of hydrogen-bond donors (Lipinski definition) is 0. The predicted octanol–water partition coefficient (Wildman–Crippen LogP) is 1.24. The van der Waals surface area contributed by atoms with Crippen LogP contribution in [0.15, 0.2) is 11.6 Å². The van der Waals surface area contributed by atoms with Crippen molar-refractivity contribution in [2.45, 2.75) is 32.3 Å². The molecule has 0 unspecified atom stereocenters. The zero-order valence-electron chi connectivity index (χ0n) is 9.33. The van der Waals surface area contributed by atoms with Gasteiger partial charge in [0.15, 0.2) is 5.78 Å². The molecule has 0 spiro atoms. The van der Waals surface area contributed by atoms with Crippen LogP contribution in [0.25, 0.3) is 0 Å². The van der Waals surface area contributed by atoms with Gasteiger partial charge in [-0.3, -0.25) is 9.59 Å². The van der Waals surface area contributed by atoms with Crippen molar-refractivity contribution in [3.05, 3.63) is 11.6 Å². The fourth-order valence-corrected chi connectivity index (χ4v) is 1.49. The van der Waals surface area contributed by atoms with Gasteiger partial charge in [-0.2, -0.15) is 0 Å². The monoisotopic (exact) mass is 212 g/mol. The Morgan fingerprint density at radius 2 is 2.20 bits per heavy atom. The Bertz CT molecular complexity index is 302. The first-order valence-electron chi connectivity index (χ1n) is 4.90. The molecule has 0 N–H and O–H groups in total. The second-order valence-corrected chi connectivity index (χ2v) is 4.05. The van der Waals surface area contributed by atoms with E-state index in [1.165, 1.54) is 7.11 Å².